The number of halogens is 1. The van der Waals surface area contributed by atoms with E-state index < -0.39 is 6.04 Å². The molecule has 0 amide bonds. The van der Waals surface area contributed by atoms with Crippen molar-refractivity contribution in [3.63, 3.8) is 0 Å². The van der Waals surface area contributed by atoms with Gasteiger partial charge in [-0.3, -0.25) is 0 Å². The van der Waals surface area contributed by atoms with Crippen molar-refractivity contribution in [2.24, 2.45) is 0 Å². The van der Waals surface area contributed by atoms with E-state index >= 15 is 0 Å². The molecule has 6 nitrogen and oxygen atoms in total. The van der Waals surface area contributed by atoms with E-state index in [0.717, 1.165) is 5.56 Å². The van der Waals surface area contributed by atoms with Crippen LogP contribution in [0.5, 0.6) is 11.5 Å². The van der Waals surface area contributed by atoms with Crippen LogP contribution in [0.3, 0.4) is 0 Å². The number of benzene rings is 3. The number of nitrogens with zero attached hydrogens (tertiary/aromatic N) is 2. The molecule has 1 aromatic heterocycles. The highest BCUT2D eigenvalue weighted by Gasteiger charge is 2.25. The summed E-state index contributed by atoms with van der Waals surface area (Å²) >= 11 is 0. The highest BCUT2D eigenvalue weighted by Crippen LogP contribution is 2.36. The fourth-order valence-electron chi connectivity index (χ4n) is 3.18. The van der Waals surface area contributed by atoms with E-state index in [4.69, 9.17) is 13.9 Å². The third-order valence-corrected chi connectivity index (χ3v) is 4.61. The van der Waals surface area contributed by atoms with E-state index in [1.807, 2.05) is 36.4 Å². The summed E-state index contributed by atoms with van der Waals surface area (Å²) < 4.78 is 31.3. The summed E-state index contributed by atoms with van der Waals surface area (Å²) in [4.78, 5) is 0. The van der Waals surface area contributed by atoms with Gasteiger partial charge in [-0.05, 0) is 30.3 Å². The second kappa shape index (κ2) is 7.27. The number of aromatic nitrogens is 2. The van der Waals surface area contributed by atoms with E-state index in [-0.39, 0.29) is 18.5 Å². The van der Waals surface area contributed by atoms with Gasteiger partial charge in [-0.2, -0.15) is 0 Å². The molecule has 0 bridgehead atoms. The molecule has 0 saturated carbocycles. The Morgan fingerprint density at radius 1 is 0.862 bits per heavy atom. The zero-order chi connectivity index (χ0) is 19.6. The number of nitrogens with one attached hydrogen (secondary N) is 1. The molecular weight excluding hydrogens is 373 g/mol. The van der Waals surface area contributed by atoms with Crippen LogP contribution in [-0.2, 0) is 0 Å². The van der Waals surface area contributed by atoms with Crippen molar-refractivity contribution < 1.29 is 18.3 Å². The summed E-state index contributed by atoms with van der Waals surface area (Å²) in [6, 6.07) is 20.7. The van der Waals surface area contributed by atoms with Crippen molar-refractivity contribution in [3.8, 4) is 23.0 Å². The van der Waals surface area contributed by atoms with Gasteiger partial charge in [0.05, 0.1) is 0 Å². The molecule has 1 aliphatic heterocycles. The summed E-state index contributed by atoms with van der Waals surface area (Å²) in [6.45, 7) is 0.180. The van der Waals surface area contributed by atoms with E-state index in [1.54, 1.807) is 30.3 Å². The first-order chi connectivity index (χ1) is 14.3. The lowest BCUT2D eigenvalue weighted by Gasteiger charge is -2.18. The third kappa shape index (κ3) is 3.38. The molecule has 0 fully saturated rings. The van der Waals surface area contributed by atoms with Crippen molar-refractivity contribution in [2.45, 2.75) is 6.04 Å². The van der Waals surface area contributed by atoms with E-state index in [1.165, 1.54) is 6.07 Å². The van der Waals surface area contributed by atoms with Gasteiger partial charge in [0.25, 0.3) is 0 Å². The standard InChI is InChI=1S/C22H16FN3O3/c23-17-9-5-4-8-16(17)20(24-15-10-11-18-19(12-15)28-13-27-18)22-26-25-21(29-22)14-6-2-1-3-7-14/h1-12,20,24H,13H2/t20-/m1/s1. The van der Waals surface area contributed by atoms with Crippen molar-refractivity contribution in [2.75, 3.05) is 12.1 Å². The maximum absolute atomic E-state index is 14.6. The lowest BCUT2D eigenvalue weighted by atomic mass is 10.1. The van der Waals surface area contributed by atoms with Crippen molar-refractivity contribution in [1.29, 1.82) is 0 Å². The molecule has 4 aromatic rings. The number of hydrogen-bond donors (Lipinski definition) is 1. The zero-order valence-electron chi connectivity index (χ0n) is 15.2. The lowest BCUT2D eigenvalue weighted by molar-refractivity contribution is 0.174. The van der Waals surface area contributed by atoms with Gasteiger partial charge in [0.2, 0.25) is 18.6 Å². The Morgan fingerprint density at radius 3 is 2.52 bits per heavy atom. The third-order valence-electron chi connectivity index (χ3n) is 4.61. The fraction of sp³-hybridized carbons (Fsp3) is 0.0909. The van der Waals surface area contributed by atoms with Crippen LogP contribution in [0, 0.1) is 5.82 Å². The summed E-state index contributed by atoms with van der Waals surface area (Å²) in [5, 5.41) is 11.6. The molecule has 29 heavy (non-hydrogen) atoms. The summed E-state index contributed by atoms with van der Waals surface area (Å²) in [5.41, 5.74) is 1.90. The first-order valence-corrected chi connectivity index (χ1v) is 9.07. The topological polar surface area (TPSA) is 69.4 Å². The smallest absolute Gasteiger partial charge is 0.247 e. The average molecular weight is 389 g/mol. The molecule has 0 saturated heterocycles. The highest BCUT2D eigenvalue weighted by molar-refractivity contribution is 5.57. The normalized spacial score (nSPS) is 13.3. The molecule has 1 atom stereocenters. The lowest BCUT2D eigenvalue weighted by Crippen LogP contribution is -2.14. The number of fused-ring (bicyclic) bond motifs is 1. The molecule has 0 aliphatic carbocycles. The SMILES string of the molecule is Fc1ccccc1[C@@H](Nc1ccc2c(c1)OCO2)c1nnc(-c2ccccc2)o1. The van der Waals surface area contributed by atoms with Crippen LogP contribution < -0.4 is 14.8 Å². The molecular formula is C22H16FN3O3. The van der Waals surface area contributed by atoms with Gasteiger partial charge in [-0.25, -0.2) is 4.39 Å². The molecule has 0 radical (unpaired) electrons. The van der Waals surface area contributed by atoms with E-state index in [2.05, 4.69) is 15.5 Å². The summed E-state index contributed by atoms with van der Waals surface area (Å²) in [6.07, 6.45) is 0. The maximum Gasteiger partial charge on any atom is 0.247 e. The Kier molecular flexibility index (Phi) is 4.32. The van der Waals surface area contributed by atoms with Crippen LogP contribution >= 0.6 is 0 Å². The van der Waals surface area contributed by atoms with Crippen LogP contribution in [-0.4, -0.2) is 17.0 Å². The molecule has 7 heteroatoms. The van der Waals surface area contributed by atoms with E-state index in [9.17, 15) is 4.39 Å². The second-order valence-corrected chi connectivity index (χ2v) is 6.48. The maximum atomic E-state index is 14.6. The molecule has 0 unspecified atom stereocenters. The Labute approximate surface area is 165 Å². The Morgan fingerprint density at radius 2 is 1.66 bits per heavy atom. The Bertz CT molecular complexity index is 1150. The van der Waals surface area contributed by atoms with Crippen molar-refractivity contribution >= 4 is 5.69 Å². The number of ether oxygens (including phenoxy) is 2. The zero-order valence-corrected chi connectivity index (χ0v) is 15.2. The van der Waals surface area contributed by atoms with Crippen molar-refractivity contribution in [1.82, 2.24) is 10.2 Å². The number of rotatable bonds is 5. The monoisotopic (exact) mass is 389 g/mol. The molecule has 2 heterocycles. The van der Waals surface area contributed by atoms with Crippen LogP contribution in [0.1, 0.15) is 17.5 Å². The van der Waals surface area contributed by atoms with Crippen molar-refractivity contribution in [3.05, 3.63) is 90.1 Å². The van der Waals surface area contributed by atoms with Gasteiger partial charge in [-0.1, -0.05) is 36.4 Å². The largest absolute Gasteiger partial charge is 0.454 e. The molecule has 3 aromatic carbocycles. The number of hydrogen-bond acceptors (Lipinski definition) is 6. The molecule has 144 valence electrons. The minimum absolute atomic E-state index is 0.180. The van der Waals surface area contributed by atoms with Crippen LogP contribution in [0.4, 0.5) is 10.1 Å². The second-order valence-electron chi connectivity index (χ2n) is 6.48. The molecule has 5 rings (SSSR count). The van der Waals surface area contributed by atoms with Gasteiger partial charge in [0, 0.05) is 22.9 Å². The average Bonchev–Trinajstić information content (AvgIpc) is 3.43. The van der Waals surface area contributed by atoms with Gasteiger partial charge >= 0.3 is 0 Å². The van der Waals surface area contributed by atoms with Crippen LogP contribution in [0.15, 0.2) is 77.2 Å². The molecule has 1 aliphatic rings. The predicted molar refractivity (Wildman–Crippen MR) is 104 cm³/mol. The minimum Gasteiger partial charge on any atom is -0.454 e. The minimum atomic E-state index is -0.679. The van der Waals surface area contributed by atoms with Gasteiger partial charge in [-0.15, -0.1) is 10.2 Å². The Balaban J connectivity index is 1.53. The molecule has 0 spiro atoms. The Hall–Kier alpha value is -3.87. The predicted octanol–water partition coefficient (Wildman–Crippen LogP) is 4.81. The summed E-state index contributed by atoms with van der Waals surface area (Å²) in [5.74, 6) is 1.55. The van der Waals surface area contributed by atoms with E-state index in [0.29, 0.717) is 28.6 Å². The first kappa shape index (κ1) is 17.2. The van der Waals surface area contributed by atoms with Crippen LogP contribution in [0.2, 0.25) is 0 Å². The van der Waals surface area contributed by atoms with Gasteiger partial charge in [0.15, 0.2) is 11.5 Å². The first-order valence-electron chi connectivity index (χ1n) is 9.07. The highest BCUT2D eigenvalue weighted by atomic mass is 19.1. The summed E-state index contributed by atoms with van der Waals surface area (Å²) in [7, 11) is 0. The quantitative estimate of drug-likeness (QED) is 0.528. The van der Waals surface area contributed by atoms with Gasteiger partial charge < -0.3 is 19.2 Å². The fourth-order valence-corrected chi connectivity index (χ4v) is 3.18. The molecule has 1 N–H and O–H groups in total. The van der Waals surface area contributed by atoms with Gasteiger partial charge in [0.1, 0.15) is 11.9 Å². The van der Waals surface area contributed by atoms with Crippen LogP contribution in [0.25, 0.3) is 11.5 Å². The number of anilines is 1.